The highest BCUT2D eigenvalue weighted by atomic mass is 16.5. The lowest BCUT2D eigenvalue weighted by atomic mass is 10.1. The molecule has 0 saturated carbocycles. The van der Waals surface area contributed by atoms with E-state index >= 15 is 0 Å². The van der Waals surface area contributed by atoms with Gasteiger partial charge in [0.1, 0.15) is 6.33 Å². The Morgan fingerprint density at radius 1 is 1.30 bits per heavy atom. The second-order valence-corrected chi connectivity index (χ2v) is 5.02. The van der Waals surface area contributed by atoms with Crippen LogP contribution in [-0.4, -0.2) is 27.0 Å². The molecule has 8 nitrogen and oxygen atoms in total. The van der Waals surface area contributed by atoms with Crippen molar-refractivity contribution < 1.29 is 14.6 Å². The first-order chi connectivity index (χ1) is 11.1. The van der Waals surface area contributed by atoms with Gasteiger partial charge in [-0.1, -0.05) is 30.3 Å². The summed E-state index contributed by atoms with van der Waals surface area (Å²) in [6.45, 7) is 0.547. The molecule has 8 heteroatoms. The highest BCUT2D eigenvalue weighted by molar-refractivity contribution is 5.87. The van der Waals surface area contributed by atoms with E-state index in [0.29, 0.717) is 12.4 Å². The van der Waals surface area contributed by atoms with E-state index in [1.807, 2.05) is 30.3 Å². The van der Waals surface area contributed by atoms with Crippen LogP contribution in [0.3, 0.4) is 0 Å². The molecule has 3 rings (SSSR count). The van der Waals surface area contributed by atoms with E-state index in [1.165, 1.54) is 17.9 Å². The summed E-state index contributed by atoms with van der Waals surface area (Å²) in [5.41, 5.74) is 1.46. The number of nitrogens with zero attached hydrogens (tertiary/aromatic N) is 4. The Morgan fingerprint density at radius 2 is 2.04 bits per heavy atom. The minimum Gasteiger partial charge on any atom is -0.710 e. The van der Waals surface area contributed by atoms with Gasteiger partial charge in [0.15, 0.2) is 11.8 Å². The van der Waals surface area contributed by atoms with Crippen molar-refractivity contribution >= 4 is 23.0 Å². The van der Waals surface area contributed by atoms with Crippen LogP contribution in [0.4, 0.5) is 5.82 Å². The van der Waals surface area contributed by atoms with Crippen LogP contribution in [0.5, 0.6) is 0 Å². The summed E-state index contributed by atoms with van der Waals surface area (Å²) < 4.78 is 1.47. The number of rotatable bonds is 5. The van der Waals surface area contributed by atoms with Crippen LogP contribution in [-0.2, 0) is 13.5 Å². The van der Waals surface area contributed by atoms with Gasteiger partial charge in [-0.15, -0.1) is 0 Å². The standard InChI is InChI=1S/C15H15N5O3/c1-19-13-11(20(23)14(19)15(21)22)12(17-9-18-13)16-8-7-10-5-3-2-4-6-10/h2-6,9H,7-8H2,1H3,(H,21,22)(H,16,17,18)/p-1. The fourth-order valence-electron chi connectivity index (χ4n) is 2.46. The molecule has 0 atom stereocenters. The molecule has 118 valence electrons. The number of carboxylic acid groups (broad SMARTS) is 1. The number of nitrogens with one attached hydrogen (secondary N) is 1. The van der Waals surface area contributed by atoms with Gasteiger partial charge in [-0.2, -0.15) is 4.98 Å². The van der Waals surface area contributed by atoms with Gasteiger partial charge in [0.25, 0.3) is 5.65 Å². The monoisotopic (exact) mass is 312 g/mol. The normalized spacial score (nSPS) is 10.8. The van der Waals surface area contributed by atoms with Crippen LogP contribution >= 0.6 is 0 Å². The van der Waals surface area contributed by atoms with E-state index in [0.717, 1.165) is 12.0 Å². The van der Waals surface area contributed by atoms with Gasteiger partial charge < -0.3 is 20.4 Å². The summed E-state index contributed by atoms with van der Waals surface area (Å²) in [4.78, 5) is 19.1. The number of aromatic nitrogens is 4. The zero-order chi connectivity index (χ0) is 16.4. The number of carboxylic acids is 1. The number of anilines is 1. The molecule has 2 heterocycles. The molecule has 0 fully saturated rings. The summed E-state index contributed by atoms with van der Waals surface area (Å²) in [7, 11) is 1.45. The van der Waals surface area contributed by atoms with Crippen molar-refractivity contribution in [1.29, 1.82) is 0 Å². The first-order valence-electron chi connectivity index (χ1n) is 7.01. The predicted octanol–water partition coefficient (Wildman–Crippen LogP) is -0.380. The van der Waals surface area contributed by atoms with E-state index in [2.05, 4.69) is 15.3 Å². The first kappa shape index (κ1) is 14.8. The SMILES string of the molecule is Cn1c(C(=O)[O-])[n+]([O-])c2c(NCCc3ccccc3)ncnc21. The molecule has 0 aliphatic carbocycles. The molecule has 0 saturated heterocycles. The van der Waals surface area contributed by atoms with E-state index in [-0.39, 0.29) is 15.9 Å². The van der Waals surface area contributed by atoms with E-state index < -0.39 is 11.8 Å². The average Bonchev–Trinajstić information content (AvgIpc) is 2.80. The number of aromatic carboxylic acids is 1. The van der Waals surface area contributed by atoms with Crippen LogP contribution in [0.1, 0.15) is 16.2 Å². The zero-order valence-electron chi connectivity index (χ0n) is 12.4. The van der Waals surface area contributed by atoms with Gasteiger partial charge in [-0.25, -0.2) is 14.3 Å². The first-order valence-corrected chi connectivity index (χ1v) is 7.01. The summed E-state index contributed by atoms with van der Waals surface area (Å²) >= 11 is 0. The summed E-state index contributed by atoms with van der Waals surface area (Å²) in [5.74, 6) is -1.77. The van der Waals surface area contributed by atoms with Crippen molar-refractivity contribution in [1.82, 2.24) is 14.5 Å². The quantitative estimate of drug-likeness (QED) is 0.508. The maximum Gasteiger partial charge on any atom is 0.310 e. The second-order valence-electron chi connectivity index (χ2n) is 5.02. The Balaban J connectivity index is 1.89. The van der Waals surface area contributed by atoms with Gasteiger partial charge in [0.05, 0.1) is 7.05 Å². The number of fused-ring (bicyclic) bond motifs is 1. The van der Waals surface area contributed by atoms with Crippen LogP contribution in [0.15, 0.2) is 36.7 Å². The third-order valence-corrected chi connectivity index (χ3v) is 3.57. The van der Waals surface area contributed by atoms with Crippen molar-refractivity contribution in [3.05, 3.63) is 53.3 Å². The molecule has 1 N–H and O–H groups in total. The fourth-order valence-corrected chi connectivity index (χ4v) is 2.46. The van der Waals surface area contributed by atoms with Crippen LogP contribution in [0.25, 0.3) is 11.2 Å². The van der Waals surface area contributed by atoms with Crippen molar-refractivity contribution in [3.63, 3.8) is 0 Å². The molecule has 23 heavy (non-hydrogen) atoms. The lowest BCUT2D eigenvalue weighted by molar-refractivity contribution is -0.584. The molecular weight excluding hydrogens is 298 g/mol. The predicted molar refractivity (Wildman–Crippen MR) is 80.4 cm³/mol. The number of hydrogen-bond acceptors (Lipinski definition) is 6. The third-order valence-electron chi connectivity index (χ3n) is 3.57. The molecular formula is C15H14N5O3-. The molecule has 0 aliphatic rings. The Hall–Kier alpha value is -3.16. The number of carbonyl (C=O) groups excluding carboxylic acids is 1. The van der Waals surface area contributed by atoms with Crippen LogP contribution < -0.4 is 15.2 Å². The maximum absolute atomic E-state index is 12.2. The molecule has 0 amide bonds. The minimum atomic E-state index is -1.56. The largest absolute Gasteiger partial charge is 0.710 e. The van der Waals surface area contributed by atoms with Crippen molar-refractivity contribution in [2.75, 3.05) is 11.9 Å². The minimum absolute atomic E-state index is 0.0854. The number of hydrogen-bond donors (Lipinski definition) is 1. The average molecular weight is 312 g/mol. The Kier molecular flexibility index (Phi) is 3.80. The number of benzene rings is 1. The topological polar surface area (TPSA) is 110 Å². The van der Waals surface area contributed by atoms with E-state index in [1.54, 1.807) is 0 Å². The third kappa shape index (κ3) is 2.66. The highest BCUT2D eigenvalue weighted by Gasteiger charge is 2.24. The molecule has 3 aromatic rings. The number of imidazole rings is 1. The number of aryl methyl sites for hydroxylation is 1. The van der Waals surface area contributed by atoms with Gasteiger partial charge in [-0.05, 0) is 12.0 Å². The highest BCUT2D eigenvalue weighted by Crippen LogP contribution is 2.17. The summed E-state index contributed by atoms with van der Waals surface area (Å²) in [5, 5.41) is 26.4. The van der Waals surface area contributed by atoms with Crippen LogP contribution in [0, 0.1) is 5.21 Å². The molecule has 0 spiro atoms. The lowest BCUT2D eigenvalue weighted by Gasteiger charge is -2.08. The Morgan fingerprint density at radius 3 is 2.74 bits per heavy atom. The molecule has 1 aromatic carbocycles. The van der Waals surface area contributed by atoms with E-state index in [9.17, 15) is 15.1 Å². The Labute approximate surface area is 131 Å². The number of carbonyl (C=O) groups is 1. The summed E-state index contributed by atoms with van der Waals surface area (Å²) in [6, 6.07) is 9.85. The van der Waals surface area contributed by atoms with E-state index in [4.69, 9.17) is 0 Å². The molecule has 0 unspecified atom stereocenters. The van der Waals surface area contributed by atoms with Crippen molar-refractivity contribution in [2.24, 2.45) is 7.05 Å². The lowest BCUT2D eigenvalue weighted by Crippen LogP contribution is -2.40. The van der Waals surface area contributed by atoms with Gasteiger partial charge >= 0.3 is 5.82 Å². The van der Waals surface area contributed by atoms with Crippen molar-refractivity contribution in [2.45, 2.75) is 6.42 Å². The van der Waals surface area contributed by atoms with Crippen molar-refractivity contribution in [3.8, 4) is 0 Å². The van der Waals surface area contributed by atoms with Crippen LogP contribution in [0.2, 0.25) is 0 Å². The fraction of sp³-hybridized carbons (Fsp3) is 0.200. The Bertz CT molecular complexity index is 860. The maximum atomic E-state index is 12.2. The summed E-state index contributed by atoms with van der Waals surface area (Å²) in [6.07, 6.45) is 2.03. The van der Waals surface area contributed by atoms with Gasteiger partial charge in [-0.3, -0.25) is 0 Å². The second kappa shape index (κ2) is 5.91. The van der Waals surface area contributed by atoms with Gasteiger partial charge in [0, 0.05) is 6.54 Å². The molecule has 0 radical (unpaired) electrons. The molecule has 0 aliphatic heterocycles. The molecule has 0 bridgehead atoms. The smallest absolute Gasteiger partial charge is 0.310 e. The van der Waals surface area contributed by atoms with Gasteiger partial charge in [0.2, 0.25) is 5.52 Å². The zero-order valence-corrected chi connectivity index (χ0v) is 12.4. The molecule has 2 aromatic heterocycles.